The molecule has 0 radical (unpaired) electrons. The largest absolute Gasteiger partial charge is 0.339 e. The molecule has 0 bridgehead atoms. The fraction of sp³-hybridized carbons (Fsp3) is 0.882. The molecule has 0 aromatic carbocycles. The third-order valence-corrected chi connectivity index (χ3v) is 6.81. The summed E-state index contributed by atoms with van der Waals surface area (Å²) in [7, 11) is 0. The first-order valence-corrected chi connectivity index (χ1v) is 9.92. The number of piperazine rings is 1. The summed E-state index contributed by atoms with van der Waals surface area (Å²) in [6.07, 6.45) is 7.40. The number of amides is 2. The van der Waals surface area contributed by atoms with Crippen LogP contribution < -0.4 is 0 Å². The molecule has 2 aliphatic carbocycles. The lowest BCUT2D eigenvalue weighted by molar-refractivity contribution is -0.139. The Kier molecular flexibility index (Phi) is 5.32. The Labute approximate surface area is 138 Å². The molecule has 5 heteroatoms. The molecule has 0 N–H and O–H groups in total. The molecule has 4 nitrogen and oxygen atoms in total. The zero-order valence-corrected chi connectivity index (χ0v) is 14.4. The Morgan fingerprint density at radius 2 is 1.68 bits per heavy atom. The SMILES string of the molecule is CCC1CC1C(=O)N1CCN(C(=O)CSC2CCCC2)CC1. The molecule has 0 spiro atoms. The van der Waals surface area contributed by atoms with Crippen molar-refractivity contribution in [2.75, 3.05) is 31.9 Å². The summed E-state index contributed by atoms with van der Waals surface area (Å²) in [6, 6.07) is 0. The van der Waals surface area contributed by atoms with Crippen LogP contribution in [0.3, 0.4) is 0 Å². The lowest BCUT2D eigenvalue weighted by atomic mass is 10.2. The molecule has 3 rings (SSSR count). The van der Waals surface area contributed by atoms with Gasteiger partial charge in [-0.05, 0) is 25.2 Å². The number of carbonyl (C=O) groups is 2. The van der Waals surface area contributed by atoms with Gasteiger partial charge in [0.2, 0.25) is 11.8 Å². The smallest absolute Gasteiger partial charge is 0.232 e. The standard InChI is InChI=1S/C17H28N2O2S/c1-2-13-11-15(13)17(21)19-9-7-18(8-10-19)16(20)12-22-14-5-3-4-6-14/h13-15H,2-12H2,1H3. The first-order chi connectivity index (χ1) is 10.7. The molecule has 0 aromatic rings. The van der Waals surface area contributed by atoms with Crippen LogP contribution in [-0.2, 0) is 9.59 Å². The van der Waals surface area contributed by atoms with E-state index < -0.39 is 0 Å². The average Bonchev–Trinajstić information content (AvgIpc) is 3.17. The van der Waals surface area contributed by atoms with Gasteiger partial charge in [0.1, 0.15) is 0 Å². The lowest BCUT2D eigenvalue weighted by Crippen LogP contribution is -2.51. The van der Waals surface area contributed by atoms with Crippen LogP contribution in [-0.4, -0.2) is 58.8 Å². The van der Waals surface area contributed by atoms with Crippen molar-refractivity contribution in [1.82, 2.24) is 9.80 Å². The first kappa shape index (κ1) is 16.2. The van der Waals surface area contributed by atoms with Gasteiger partial charge in [0.15, 0.2) is 0 Å². The normalized spacial score (nSPS) is 29.0. The number of hydrogen-bond acceptors (Lipinski definition) is 3. The van der Waals surface area contributed by atoms with Gasteiger partial charge >= 0.3 is 0 Å². The van der Waals surface area contributed by atoms with Crippen molar-refractivity contribution in [3.8, 4) is 0 Å². The molecule has 2 unspecified atom stereocenters. The summed E-state index contributed by atoms with van der Waals surface area (Å²) in [6.45, 7) is 5.06. The fourth-order valence-electron chi connectivity index (χ4n) is 3.75. The van der Waals surface area contributed by atoms with E-state index >= 15 is 0 Å². The highest BCUT2D eigenvalue weighted by Gasteiger charge is 2.43. The van der Waals surface area contributed by atoms with Crippen molar-refractivity contribution >= 4 is 23.6 Å². The van der Waals surface area contributed by atoms with Crippen molar-refractivity contribution in [1.29, 1.82) is 0 Å². The van der Waals surface area contributed by atoms with E-state index in [4.69, 9.17) is 0 Å². The molecule has 3 fully saturated rings. The maximum atomic E-state index is 12.3. The second-order valence-electron chi connectivity index (χ2n) is 6.93. The van der Waals surface area contributed by atoms with Crippen LogP contribution in [0.25, 0.3) is 0 Å². The Hall–Kier alpha value is -0.710. The maximum Gasteiger partial charge on any atom is 0.232 e. The predicted molar refractivity (Wildman–Crippen MR) is 89.8 cm³/mol. The average molecular weight is 324 g/mol. The molecule has 1 aliphatic heterocycles. The van der Waals surface area contributed by atoms with Crippen LogP contribution in [0.1, 0.15) is 45.4 Å². The van der Waals surface area contributed by atoms with Gasteiger partial charge in [0, 0.05) is 37.3 Å². The van der Waals surface area contributed by atoms with E-state index in [0.29, 0.717) is 22.8 Å². The number of hydrogen-bond donors (Lipinski definition) is 0. The van der Waals surface area contributed by atoms with Gasteiger partial charge < -0.3 is 9.80 Å². The van der Waals surface area contributed by atoms with Gasteiger partial charge in [-0.25, -0.2) is 0 Å². The van der Waals surface area contributed by atoms with Crippen LogP contribution in [0.4, 0.5) is 0 Å². The molecule has 0 aromatic heterocycles. The molecule has 1 saturated heterocycles. The fourth-order valence-corrected chi connectivity index (χ4v) is 4.97. The van der Waals surface area contributed by atoms with Gasteiger partial charge in [-0.15, -0.1) is 11.8 Å². The van der Waals surface area contributed by atoms with Gasteiger partial charge in [0.25, 0.3) is 0 Å². The minimum Gasteiger partial charge on any atom is -0.339 e. The first-order valence-electron chi connectivity index (χ1n) is 8.87. The second-order valence-corrected chi connectivity index (χ2v) is 8.22. The molecule has 22 heavy (non-hydrogen) atoms. The van der Waals surface area contributed by atoms with E-state index in [1.807, 2.05) is 21.6 Å². The van der Waals surface area contributed by atoms with Crippen molar-refractivity contribution in [2.45, 2.75) is 50.7 Å². The number of nitrogens with zero attached hydrogens (tertiary/aromatic N) is 2. The van der Waals surface area contributed by atoms with Crippen LogP contribution in [0.15, 0.2) is 0 Å². The number of thioether (sulfide) groups is 1. The van der Waals surface area contributed by atoms with Crippen LogP contribution in [0.2, 0.25) is 0 Å². The summed E-state index contributed by atoms with van der Waals surface area (Å²) in [5.74, 6) is 2.13. The predicted octanol–water partition coefficient (Wildman–Crippen LogP) is 2.38. The summed E-state index contributed by atoms with van der Waals surface area (Å²) >= 11 is 1.84. The maximum absolute atomic E-state index is 12.3. The van der Waals surface area contributed by atoms with Gasteiger partial charge in [-0.2, -0.15) is 0 Å². The highest BCUT2D eigenvalue weighted by atomic mass is 32.2. The van der Waals surface area contributed by atoms with Gasteiger partial charge in [-0.3, -0.25) is 9.59 Å². The third-order valence-electron chi connectivity index (χ3n) is 5.45. The molecule has 1 heterocycles. The summed E-state index contributed by atoms with van der Waals surface area (Å²) in [5, 5.41) is 0.702. The Morgan fingerprint density at radius 1 is 1.05 bits per heavy atom. The van der Waals surface area contributed by atoms with E-state index in [1.165, 1.54) is 25.7 Å². The van der Waals surface area contributed by atoms with Crippen molar-refractivity contribution in [3.05, 3.63) is 0 Å². The molecular weight excluding hydrogens is 296 g/mol. The summed E-state index contributed by atoms with van der Waals surface area (Å²) < 4.78 is 0. The minimum absolute atomic E-state index is 0.266. The summed E-state index contributed by atoms with van der Waals surface area (Å²) in [4.78, 5) is 28.5. The van der Waals surface area contributed by atoms with Gasteiger partial charge in [0.05, 0.1) is 5.75 Å². The zero-order valence-electron chi connectivity index (χ0n) is 13.6. The minimum atomic E-state index is 0.266. The molecule has 2 amide bonds. The second kappa shape index (κ2) is 7.24. The highest BCUT2D eigenvalue weighted by molar-refractivity contribution is 8.00. The molecule has 124 valence electrons. The van der Waals surface area contributed by atoms with Crippen molar-refractivity contribution in [3.63, 3.8) is 0 Å². The van der Waals surface area contributed by atoms with Crippen LogP contribution in [0, 0.1) is 11.8 Å². The Morgan fingerprint density at radius 3 is 2.27 bits per heavy atom. The van der Waals surface area contributed by atoms with E-state index in [9.17, 15) is 9.59 Å². The molecule has 2 saturated carbocycles. The Bertz CT molecular complexity index is 415. The Balaban J connectivity index is 1.37. The third kappa shape index (κ3) is 3.79. The van der Waals surface area contributed by atoms with E-state index in [-0.39, 0.29) is 11.8 Å². The zero-order chi connectivity index (χ0) is 15.5. The number of rotatable bonds is 5. The van der Waals surface area contributed by atoms with E-state index in [0.717, 1.165) is 39.0 Å². The van der Waals surface area contributed by atoms with Crippen molar-refractivity contribution in [2.24, 2.45) is 11.8 Å². The number of carbonyl (C=O) groups excluding carboxylic acids is 2. The highest BCUT2D eigenvalue weighted by Crippen LogP contribution is 2.42. The molecular formula is C17H28N2O2S. The van der Waals surface area contributed by atoms with Crippen LogP contribution >= 0.6 is 11.8 Å². The topological polar surface area (TPSA) is 40.6 Å². The quantitative estimate of drug-likeness (QED) is 0.779. The lowest BCUT2D eigenvalue weighted by Gasteiger charge is -2.35. The van der Waals surface area contributed by atoms with Gasteiger partial charge in [-0.1, -0.05) is 26.2 Å². The van der Waals surface area contributed by atoms with Crippen LogP contribution in [0.5, 0.6) is 0 Å². The molecule has 2 atom stereocenters. The monoisotopic (exact) mass is 324 g/mol. The van der Waals surface area contributed by atoms with Crippen molar-refractivity contribution < 1.29 is 9.59 Å². The summed E-state index contributed by atoms with van der Waals surface area (Å²) in [5.41, 5.74) is 0. The van der Waals surface area contributed by atoms with E-state index in [2.05, 4.69) is 6.92 Å². The molecule has 3 aliphatic rings. The van der Waals surface area contributed by atoms with E-state index in [1.54, 1.807) is 0 Å².